The Morgan fingerprint density at radius 3 is 2.58 bits per heavy atom. The number of carboxylic acids is 1. The minimum Gasteiger partial charge on any atom is -0.494 e. The molecule has 0 radical (unpaired) electrons. The zero-order valence-corrected chi connectivity index (χ0v) is 12.3. The molecule has 1 rings (SSSR count). The summed E-state index contributed by atoms with van der Waals surface area (Å²) < 4.78 is 5.68. The minimum absolute atomic E-state index is 0.226. The second kappa shape index (κ2) is 7.17. The topological polar surface area (TPSA) is 46.5 Å². The van der Waals surface area contributed by atoms with Gasteiger partial charge in [-0.3, -0.25) is 4.79 Å². The molecule has 0 heterocycles. The van der Waals surface area contributed by atoms with Crippen molar-refractivity contribution < 1.29 is 14.6 Å². The molecule has 0 saturated carbocycles. The Labute approximate surface area is 115 Å². The van der Waals surface area contributed by atoms with Gasteiger partial charge in [-0.1, -0.05) is 19.9 Å². The number of aliphatic carboxylic acids is 1. The Hall–Kier alpha value is -1.51. The van der Waals surface area contributed by atoms with E-state index >= 15 is 0 Å². The molecule has 0 spiro atoms. The van der Waals surface area contributed by atoms with Crippen molar-refractivity contribution in [1.82, 2.24) is 0 Å². The van der Waals surface area contributed by atoms with Crippen molar-refractivity contribution in [3.8, 4) is 5.75 Å². The molecule has 19 heavy (non-hydrogen) atoms. The van der Waals surface area contributed by atoms with Gasteiger partial charge in [-0.15, -0.1) is 0 Å². The van der Waals surface area contributed by atoms with Crippen LogP contribution in [0.2, 0.25) is 0 Å². The van der Waals surface area contributed by atoms with Crippen LogP contribution >= 0.6 is 0 Å². The molecule has 0 atom stereocenters. The molecule has 1 N–H and O–H groups in total. The van der Waals surface area contributed by atoms with Crippen LogP contribution in [0.4, 0.5) is 0 Å². The van der Waals surface area contributed by atoms with E-state index in [9.17, 15) is 4.79 Å². The molecule has 1 aromatic carbocycles. The van der Waals surface area contributed by atoms with Gasteiger partial charge < -0.3 is 9.84 Å². The monoisotopic (exact) mass is 264 g/mol. The van der Waals surface area contributed by atoms with E-state index in [1.54, 1.807) is 0 Å². The maximum atomic E-state index is 10.6. The second-order valence-electron chi connectivity index (χ2n) is 5.15. The van der Waals surface area contributed by atoms with Crippen molar-refractivity contribution in [2.45, 2.75) is 52.9 Å². The van der Waals surface area contributed by atoms with Crippen LogP contribution in [0.15, 0.2) is 12.1 Å². The standard InChI is InChI=1S/C16H24O3/c1-5-19-15-9-12(4)13(7-6-8-16(17)18)10-14(15)11(2)3/h9-11H,5-8H2,1-4H3,(H,17,18). The van der Waals surface area contributed by atoms with Gasteiger partial charge in [-0.05, 0) is 55.4 Å². The molecular formula is C16H24O3. The molecule has 0 aliphatic rings. The predicted octanol–water partition coefficient (Wildman–Crippen LogP) is 3.92. The van der Waals surface area contributed by atoms with E-state index in [1.807, 2.05) is 6.92 Å². The lowest BCUT2D eigenvalue weighted by molar-refractivity contribution is -0.137. The van der Waals surface area contributed by atoms with Gasteiger partial charge in [0.25, 0.3) is 0 Å². The first kappa shape index (κ1) is 15.5. The van der Waals surface area contributed by atoms with Gasteiger partial charge in [0.05, 0.1) is 6.61 Å². The molecule has 0 fully saturated rings. The third-order valence-electron chi connectivity index (χ3n) is 3.23. The number of ether oxygens (including phenoxy) is 1. The highest BCUT2D eigenvalue weighted by Gasteiger charge is 2.11. The van der Waals surface area contributed by atoms with Gasteiger partial charge >= 0.3 is 5.97 Å². The van der Waals surface area contributed by atoms with Crippen molar-refractivity contribution in [1.29, 1.82) is 0 Å². The van der Waals surface area contributed by atoms with Crippen LogP contribution in [0.25, 0.3) is 0 Å². The number of hydrogen-bond donors (Lipinski definition) is 1. The molecular weight excluding hydrogens is 240 g/mol. The molecule has 106 valence electrons. The van der Waals surface area contributed by atoms with Gasteiger partial charge in [-0.2, -0.15) is 0 Å². The molecule has 0 bridgehead atoms. The Kier molecular flexibility index (Phi) is 5.87. The van der Waals surface area contributed by atoms with Gasteiger partial charge in [0.2, 0.25) is 0 Å². The summed E-state index contributed by atoms with van der Waals surface area (Å²) in [6, 6.07) is 4.25. The number of carboxylic acid groups (broad SMARTS) is 1. The smallest absolute Gasteiger partial charge is 0.303 e. The van der Waals surface area contributed by atoms with E-state index in [0.29, 0.717) is 18.9 Å². The fourth-order valence-electron chi connectivity index (χ4n) is 2.18. The summed E-state index contributed by atoms with van der Waals surface area (Å²) in [6.45, 7) is 9.00. The minimum atomic E-state index is -0.729. The molecule has 0 aromatic heterocycles. The van der Waals surface area contributed by atoms with Crippen molar-refractivity contribution in [2.24, 2.45) is 0 Å². The summed E-state index contributed by atoms with van der Waals surface area (Å²) >= 11 is 0. The van der Waals surface area contributed by atoms with Gasteiger partial charge in [0.15, 0.2) is 0 Å². The highest BCUT2D eigenvalue weighted by molar-refractivity contribution is 5.66. The number of benzene rings is 1. The first-order chi connectivity index (χ1) is 8.95. The van der Waals surface area contributed by atoms with E-state index in [1.165, 1.54) is 16.7 Å². The summed E-state index contributed by atoms with van der Waals surface area (Å²) in [6.07, 6.45) is 1.72. The average molecular weight is 264 g/mol. The Bertz CT molecular complexity index is 436. The van der Waals surface area contributed by atoms with Crippen LogP contribution in [-0.4, -0.2) is 17.7 Å². The lowest BCUT2D eigenvalue weighted by Crippen LogP contribution is -2.03. The van der Waals surface area contributed by atoms with Crippen LogP contribution in [0.5, 0.6) is 5.75 Å². The Morgan fingerprint density at radius 2 is 2.05 bits per heavy atom. The molecule has 0 saturated heterocycles. The zero-order chi connectivity index (χ0) is 14.4. The van der Waals surface area contributed by atoms with E-state index in [4.69, 9.17) is 9.84 Å². The molecule has 0 unspecified atom stereocenters. The average Bonchev–Trinajstić information content (AvgIpc) is 2.31. The summed E-state index contributed by atoms with van der Waals surface area (Å²) in [5.41, 5.74) is 3.62. The van der Waals surface area contributed by atoms with Gasteiger partial charge in [-0.25, -0.2) is 0 Å². The van der Waals surface area contributed by atoms with Crippen molar-refractivity contribution in [2.75, 3.05) is 6.61 Å². The molecule has 1 aromatic rings. The normalized spacial score (nSPS) is 10.8. The third kappa shape index (κ3) is 4.58. The summed E-state index contributed by atoms with van der Waals surface area (Å²) in [5, 5.41) is 8.70. The number of hydrogen-bond acceptors (Lipinski definition) is 2. The van der Waals surface area contributed by atoms with Crippen molar-refractivity contribution in [3.63, 3.8) is 0 Å². The first-order valence-electron chi connectivity index (χ1n) is 6.93. The van der Waals surface area contributed by atoms with Crippen LogP contribution in [0.1, 0.15) is 56.2 Å². The maximum absolute atomic E-state index is 10.6. The summed E-state index contributed by atoms with van der Waals surface area (Å²) in [7, 11) is 0. The maximum Gasteiger partial charge on any atom is 0.303 e. The van der Waals surface area contributed by atoms with Crippen molar-refractivity contribution >= 4 is 5.97 Å². The van der Waals surface area contributed by atoms with E-state index in [-0.39, 0.29) is 6.42 Å². The third-order valence-corrected chi connectivity index (χ3v) is 3.23. The number of aryl methyl sites for hydroxylation is 2. The molecule has 3 heteroatoms. The highest BCUT2D eigenvalue weighted by atomic mass is 16.5. The Balaban J connectivity index is 2.93. The SMILES string of the molecule is CCOc1cc(C)c(CCCC(=O)O)cc1C(C)C. The fraction of sp³-hybridized carbons (Fsp3) is 0.562. The molecule has 0 amide bonds. The number of rotatable bonds is 7. The molecule has 0 aliphatic heterocycles. The second-order valence-corrected chi connectivity index (χ2v) is 5.15. The Morgan fingerprint density at radius 1 is 1.37 bits per heavy atom. The van der Waals surface area contributed by atoms with Gasteiger partial charge in [0.1, 0.15) is 5.75 Å². The molecule has 3 nitrogen and oxygen atoms in total. The largest absolute Gasteiger partial charge is 0.494 e. The van der Waals surface area contributed by atoms with E-state index in [2.05, 4.69) is 32.9 Å². The summed E-state index contributed by atoms with van der Waals surface area (Å²) in [5.74, 6) is 0.630. The van der Waals surface area contributed by atoms with Crippen molar-refractivity contribution in [3.05, 3.63) is 28.8 Å². The van der Waals surface area contributed by atoms with Crippen LogP contribution in [-0.2, 0) is 11.2 Å². The number of carbonyl (C=O) groups is 1. The quantitative estimate of drug-likeness (QED) is 0.811. The highest BCUT2D eigenvalue weighted by Crippen LogP contribution is 2.30. The first-order valence-corrected chi connectivity index (χ1v) is 6.93. The van der Waals surface area contributed by atoms with Crippen LogP contribution in [0, 0.1) is 6.92 Å². The van der Waals surface area contributed by atoms with E-state index < -0.39 is 5.97 Å². The lowest BCUT2D eigenvalue weighted by atomic mass is 9.94. The predicted molar refractivity (Wildman–Crippen MR) is 77.0 cm³/mol. The van der Waals surface area contributed by atoms with Gasteiger partial charge in [0, 0.05) is 6.42 Å². The molecule has 0 aliphatic carbocycles. The fourth-order valence-corrected chi connectivity index (χ4v) is 2.18. The summed E-state index contributed by atoms with van der Waals surface area (Å²) in [4.78, 5) is 10.6. The van der Waals surface area contributed by atoms with E-state index in [0.717, 1.165) is 12.2 Å². The van der Waals surface area contributed by atoms with Crippen LogP contribution < -0.4 is 4.74 Å². The lowest BCUT2D eigenvalue weighted by Gasteiger charge is -2.17. The zero-order valence-electron chi connectivity index (χ0n) is 12.3. The van der Waals surface area contributed by atoms with Crippen LogP contribution in [0.3, 0.4) is 0 Å².